The Morgan fingerprint density at radius 1 is 0.205 bits per heavy atom. The van der Waals surface area contributed by atoms with Crippen LogP contribution in [0.1, 0.15) is 0 Å². The molecular formula is C75H42ClN9O3. The highest BCUT2D eigenvalue weighted by Crippen LogP contribution is 2.43. The third-order valence-electron chi connectivity index (χ3n) is 16.0. The van der Waals surface area contributed by atoms with Crippen LogP contribution in [0.4, 0.5) is 0 Å². The van der Waals surface area contributed by atoms with Crippen LogP contribution in [0.25, 0.3) is 179 Å². The molecule has 12 nitrogen and oxygen atoms in total. The van der Waals surface area contributed by atoms with Gasteiger partial charge in [-0.25, -0.2) is 34.9 Å². The summed E-state index contributed by atoms with van der Waals surface area (Å²) >= 11 is 6.52. The molecule has 0 amide bonds. The summed E-state index contributed by atoms with van der Waals surface area (Å²) < 4.78 is 20.1. The minimum atomic E-state index is 0.0985. The van der Waals surface area contributed by atoms with Crippen LogP contribution in [0.3, 0.4) is 0 Å². The Kier molecular flexibility index (Phi) is 11.9. The van der Waals surface area contributed by atoms with Gasteiger partial charge in [-0.15, -0.1) is 0 Å². The largest absolute Gasteiger partial charge is 0.455 e. The number of furan rings is 3. The summed E-state index contributed by atoms with van der Waals surface area (Å²) in [5.74, 6) is 4.00. The molecule has 0 atom stereocenters. The maximum absolute atomic E-state index is 6.81. The Hall–Kier alpha value is -11.9. The first-order valence-electron chi connectivity index (χ1n) is 28.6. The zero-order valence-electron chi connectivity index (χ0n) is 46.4. The fourth-order valence-electron chi connectivity index (χ4n) is 11.7. The minimum Gasteiger partial charge on any atom is -0.455 e. The van der Waals surface area contributed by atoms with Crippen molar-refractivity contribution in [1.29, 1.82) is 0 Å². The SMILES string of the molecule is Clc1nc(-c2ccccc2)nc(-c2cccc3c2oc2cc(-c4ccc(-c5nc(-c6cccc7c6oc6ccccc67)nc(-c6cc(-c7ccc(-c8nc(-c9ccccc9)nc(-c9ccccc9)n8)cc7)cc7c6oc6ccccc67)n5)cc4)ccc23)n1. The predicted molar refractivity (Wildman–Crippen MR) is 348 cm³/mol. The van der Waals surface area contributed by atoms with Gasteiger partial charge in [0, 0.05) is 60.1 Å². The highest BCUT2D eigenvalue weighted by atomic mass is 35.5. The van der Waals surface area contributed by atoms with E-state index in [-0.39, 0.29) is 5.28 Å². The molecule has 0 saturated carbocycles. The van der Waals surface area contributed by atoms with Gasteiger partial charge in [0.1, 0.15) is 33.5 Å². The lowest BCUT2D eigenvalue weighted by Gasteiger charge is -2.12. The van der Waals surface area contributed by atoms with Crippen LogP contribution >= 0.6 is 11.6 Å². The Bertz CT molecular complexity index is 5520. The maximum atomic E-state index is 6.81. The summed E-state index contributed by atoms with van der Waals surface area (Å²) in [4.78, 5) is 44.7. The van der Waals surface area contributed by atoms with Crippen molar-refractivity contribution in [2.24, 2.45) is 0 Å². The van der Waals surface area contributed by atoms with Crippen LogP contribution in [0, 0.1) is 0 Å². The van der Waals surface area contributed by atoms with E-state index in [0.29, 0.717) is 80.1 Å². The van der Waals surface area contributed by atoms with E-state index in [1.165, 1.54) is 0 Å². The van der Waals surface area contributed by atoms with Crippen LogP contribution in [-0.4, -0.2) is 44.9 Å². The fraction of sp³-hybridized carbons (Fsp3) is 0. The Balaban J connectivity index is 0.780. The van der Waals surface area contributed by atoms with Crippen molar-refractivity contribution in [1.82, 2.24) is 44.9 Å². The summed E-state index contributed by atoms with van der Waals surface area (Å²) in [5, 5.41) is 5.83. The number of hydrogen-bond donors (Lipinski definition) is 0. The second-order valence-corrected chi connectivity index (χ2v) is 21.7. The van der Waals surface area contributed by atoms with Crippen molar-refractivity contribution >= 4 is 77.4 Å². The molecule has 6 heterocycles. The number of aromatic nitrogens is 9. The molecule has 88 heavy (non-hydrogen) atoms. The topological polar surface area (TPSA) is 155 Å². The number of halogens is 1. The monoisotopic (exact) mass is 1150 g/mol. The van der Waals surface area contributed by atoms with Crippen molar-refractivity contribution in [3.63, 3.8) is 0 Å². The zero-order valence-corrected chi connectivity index (χ0v) is 47.1. The van der Waals surface area contributed by atoms with Gasteiger partial charge in [-0.1, -0.05) is 206 Å². The Morgan fingerprint density at radius 2 is 0.545 bits per heavy atom. The minimum absolute atomic E-state index is 0.0985. The third-order valence-corrected chi connectivity index (χ3v) is 16.2. The number of benzene rings is 11. The average Bonchev–Trinajstić information content (AvgIpc) is 2.18. The van der Waals surface area contributed by atoms with Crippen molar-refractivity contribution in [3.05, 3.63) is 260 Å². The highest BCUT2D eigenvalue weighted by Gasteiger charge is 2.24. The van der Waals surface area contributed by atoms with Gasteiger partial charge in [0.15, 0.2) is 46.6 Å². The quantitative estimate of drug-likeness (QED) is 0.128. The molecular weight excluding hydrogens is 1110 g/mol. The Labute approximate surface area is 506 Å². The summed E-state index contributed by atoms with van der Waals surface area (Å²) in [6, 6.07) is 85.0. The zero-order chi connectivity index (χ0) is 58.2. The van der Waals surface area contributed by atoms with Crippen molar-refractivity contribution in [2.75, 3.05) is 0 Å². The summed E-state index contributed by atoms with van der Waals surface area (Å²) in [6.07, 6.45) is 0. The van der Waals surface area contributed by atoms with Crippen molar-refractivity contribution in [3.8, 4) is 113 Å². The molecule has 412 valence electrons. The molecule has 0 radical (unpaired) electrons. The lowest BCUT2D eigenvalue weighted by Crippen LogP contribution is -2.01. The number of para-hydroxylation sites is 4. The van der Waals surface area contributed by atoms with E-state index in [1.54, 1.807) is 0 Å². The number of nitrogens with zero attached hydrogens (tertiary/aromatic N) is 9. The molecule has 0 fully saturated rings. The van der Waals surface area contributed by atoms with Gasteiger partial charge in [0.25, 0.3) is 0 Å². The van der Waals surface area contributed by atoms with Crippen molar-refractivity contribution < 1.29 is 13.3 Å². The predicted octanol–water partition coefficient (Wildman–Crippen LogP) is 19.3. The van der Waals surface area contributed by atoms with E-state index in [0.717, 1.165) is 99.1 Å². The van der Waals surface area contributed by atoms with E-state index in [4.69, 9.17) is 59.7 Å². The van der Waals surface area contributed by atoms with Gasteiger partial charge in [-0.3, -0.25) is 0 Å². The fourth-order valence-corrected chi connectivity index (χ4v) is 11.9. The van der Waals surface area contributed by atoms with E-state index in [9.17, 15) is 0 Å². The second-order valence-electron chi connectivity index (χ2n) is 21.4. The average molecular weight is 1150 g/mol. The van der Waals surface area contributed by atoms with E-state index >= 15 is 0 Å². The molecule has 0 bridgehead atoms. The molecule has 0 N–H and O–H groups in total. The summed E-state index contributed by atoms with van der Waals surface area (Å²) in [7, 11) is 0. The molecule has 0 saturated heterocycles. The van der Waals surface area contributed by atoms with Gasteiger partial charge >= 0.3 is 0 Å². The van der Waals surface area contributed by atoms with Gasteiger partial charge in [-0.2, -0.15) is 9.97 Å². The van der Waals surface area contributed by atoms with Gasteiger partial charge in [-0.05, 0) is 82.4 Å². The highest BCUT2D eigenvalue weighted by molar-refractivity contribution is 6.28. The van der Waals surface area contributed by atoms with E-state index in [2.05, 4.69) is 94.9 Å². The standard InChI is InChI=1S/C75H42ClN9O3/c76-75-84-71(47-20-8-3-9-21-47)82-73(85-75)58-27-15-25-56-54-39-38-50(42-63(54)88-65(56)58)43-30-34-49(35-31-43)70-80-72(57-26-14-24-55-52-22-10-12-28-61(52)86-64(55)57)83-74(81-70)60-41-51(40-59-53-23-11-13-29-62(53)87-66(59)60)44-32-36-48(37-33-44)69-78-67(45-16-4-1-5-17-45)77-68(79-69)46-18-6-2-7-19-46/h1-42H. The van der Waals surface area contributed by atoms with Crippen molar-refractivity contribution in [2.45, 2.75) is 0 Å². The molecule has 0 spiro atoms. The number of fused-ring (bicyclic) bond motifs is 9. The third kappa shape index (κ3) is 8.90. The Morgan fingerprint density at radius 3 is 1.08 bits per heavy atom. The van der Waals surface area contributed by atoms with Crippen LogP contribution in [0.2, 0.25) is 5.28 Å². The van der Waals surface area contributed by atoms with Crippen LogP contribution in [0.15, 0.2) is 268 Å². The lowest BCUT2D eigenvalue weighted by atomic mass is 9.98. The van der Waals surface area contributed by atoms with Gasteiger partial charge in [0.05, 0.1) is 16.7 Å². The first kappa shape index (κ1) is 50.6. The van der Waals surface area contributed by atoms with E-state index < -0.39 is 0 Å². The van der Waals surface area contributed by atoms with E-state index in [1.807, 2.05) is 170 Å². The molecule has 0 aliphatic rings. The molecule has 17 aromatic rings. The summed E-state index contributed by atoms with van der Waals surface area (Å²) in [6.45, 7) is 0. The number of rotatable bonds is 10. The summed E-state index contributed by atoms with van der Waals surface area (Å²) in [5.41, 5.74) is 14.4. The maximum Gasteiger partial charge on any atom is 0.226 e. The lowest BCUT2D eigenvalue weighted by molar-refractivity contribution is 0.669. The molecule has 17 rings (SSSR count). The van der Waals surface area contributed by atoms with Crippen LogP contribution < -0.4 is 0 Å². The molecule has 0 aliphatic heterocycles. The molecule has 0 aliphatic carbocycles. The normalized spacial score (nSPS) is 11.7. The molecule has 11 aromatic carbocycles. The molecule has 6 aromatic heterocycles. The first-order chi connectivity index (χ1) is 43.5. The molecule has 13 heteroatoms. The second kappa shape index (κ2) is 20.7. The first-order valence-corrected chi connectivity index (χ1v) is 29.0. The van der Waals surface area contributed by atoms with Crippen LogP contribution in [-0.2, 0) is 0 Å². The van der Waals surface area contributed by atoms with Crippen LogP contribution in [0.5, 0.6) is 0 Å². The molecule has 0 unspecified atom stereocenters. The number of hydrogen-bond acceptors (Lipinski definition) is 12. The van der Waals surface area contributed by atoms with Gasteiger partial charge < -0.3 is 13.3 Å². The smallest absolute Gasteiger partial charge is 0.226 e. The van der Waals surface area contributed by atoms with Gasteiger partial charge in [0.2, 0.25) is 5.28 Å².